The van der Waals surface area contributed by atoms with E-state index in [1.54, 1.807) is 0 Å². The molecule has 0 saturated carbocycles. The highest BCUT2D eigenvalue weighted by Crippen LogP contribution is 2.20. The van der Waals surface area contributed by atoms with E-state index in [0.717, 1.165) is 12.1 Å². The van der Waals surface area contributed by atoms with Gasteiger partial charge in [0.25, 0.3) is 5.69 Å². The van der Waals surface area contributed by atoms with Gasteiger partial charge in [0.05, 0.1) is 11.0 Å². The van der Waals surface area contributed by atoms with E-state index in [0.29, 0.717) is 19.2 Å². The van der Waals surface area contributed by atoms with E-state index in [4.69, 9.17) is 0 Å². The minimum Gasteiger partial charge on any atom is -0.313 e. The van der Waals surface area contributed by atoms with E-state index < -0.39 is 31.3 Å². The smallest absolute Gasteiger partial charge is 0.272 e. The average molecular weight is 275 g/mol. The molecule has 9 heteroatoms. The van der Waals surface area contributed by atoms with Gasteiger partial charge >= 0.3 is 0 Å². The SMILES string of the molecule is O=[N+]([O-])c1ccc(S(=O)(=O)NC2CNC2)c(F)c1. The summed E-state index contributed by atoms with van der Waals surface area (Å²) >= 11 is 0. The quantitative estimate of drug-likeness (QED) is 0.594. The second-order valence-corrected chi connectivity index (χ2v) is 5.53. The van der Waals surface area contributed by atoms with Crippen molar-refractivity contribution in [3.63, 3.8) is 0 Å². The Hall–Kier alpha value is -1.58. The Balaban J connectivity index is 2.29. The van der Waals surface area contributed by atoms with Crippen LogP contribution in [0.2, 0.25) is 0 Å². The van der Waals surface area contributed by atoms with Crippen molar-refractivity contribution in [1.82, 2.24) is 10.0 Å². The monoisotopic (exact) mass is 275 g/mol. The van der Waals surface area contributed by atoms with E-state index >= 15 is 0 Å². The first-order valence-corrected chi connectivity index (χ1v) is 6.55. The van der Waals surface area contributed by atoms with Crippen molar-refractivity contribution in [3.05, 3.63) is 34.1 Å². The minimum atomic E-state index is -3.98. The van der Waals surface area contributed by atoms with Crippen LogP contribution in [-0.2, 0) is 10.0 Å². The minimum absolute atomic E-state index is 0.274. The molecule has 1 aromatic rings. The van der Waals surface area contributed by atoms with Gasteiger partial charge in [0.2, 0.25) is 10.0 Å². The molecule has 1 saturated heterocycles. The van der Waals surface area contributed by atoms with Crippen LogP contribution in [0.5, 0.6) is 0 Å². The molecule has 0 atom stereocenters. The van der Waals surface area contributed by atoms with Crippen LogP contribution < -0.4 is 10.0 Å². The van der Waals surface area contributed by atoms with Gasteiger partial charge in [-0.15, -0.1) is 0 Å². The molecule has 1 heterocycles. The molecule has 98 valence electrons. The maximum absolute atomic E-state index is 13.5. The molecule has 18 heavy (non-hydrogen) atoms. The molecular weight excluding hydrogens is 265 g/mol. The molecule has 0 bridgehead atoms. The molecule has 0 amide bonds. The van der Waals surface area contributed by atoms with Crippen molar-refractivity contribution in [2.24, 2.45) is 0 Å². The largest absolute Gasteiger partial charge is 0.313 e. The molecule has 1 aliphatic heterocycles. The van der Waals surface area contributed by atoms with Crippen molar-refractivity contribution in [3.8, 4) is 0 Å². The van der Waals surface area contributed by atoms with Crippen molar-refractivity contribution in [2.75, 3.05) is 13.1 Å². The lowest BCUT2D eigenvalue weighted by Crippen LogP contribution is -2.56. The summed E-state index contributed by atoms with van der Waals surface area (Å²) in [5, 5.41) is 13.3. The standard InChI is InChI=1S/C9H10FN3O4S/c10-8-3-7(13(14)15)1-2-9(8)18(16,17)12-6-4-11-5-6/h1-3,6,11-12H,4-5H2. The molecule has 0 unspecified atom stereocenters. The van der Waals surface area contributed by atoms with Gasteiger partial charge in [0, 0.05) is 25.2 Å². The van der Waals surface area contributed by atoms with Gasteiger partial charge in [0.15, 0.2) is 0 Å². The number of sulfonamides is 1. The number of nitrogens with one attached hydrogen (secondary N) is 2. The highest BCUT2D eigenvalue weighted by molar-refractivity contribution is 7.89. The fraction of sp³-hybridized carbons (Fsp3) is 0.333. The molecule has 0 aliphatic carbocycles. The summed E-state index contributed by atoms with van der Waals surface area (Å²) in [6.07, 6.45) is 0. The molecule has 0 spiro atoms. The van der Waals surface area contributed by atoms with Gasteiger partial charge in [-0.25, -0.2) is 17.5 Å². The molecule has 1 aliphatic rings. The number of nitro benzene ring substituents is 1. The second kappa shape index (κ2) is 4.59. The van der Waals surface area contributed by atoms with Crippen LogP contribution in [-0.4, -0.2) is 32.5 Å². The topological polar surface area (TPSA) is 101 Å². The van der Waals surface area contributed by atoms with Gasteiger partial charge < -0.3 is 5.32 Å². The van der Waals surface area contributed by atoms with Crippen molar-refractivity contribution in [1.29, 1.82) is 0 Å². The van der Waals surface area contributed by atoms with E-state index in [-0.39, 0.29) is 6.04 Å². The lowest BCUT2D eigenvalue weighted by atomic mass is 10.2. The van der Waals surface area contributed by atoms with Crippen LogP contribution in [0.15, 0.2) is 23.1 Å². The predicted molar refractivity (Wildman–Crippen MR) is 60.0 cm³/mol. The number of nitro groups is 1. The Morgan fingerprint density at radius 2 is 2.11 bits per heavy atom. The van der Waals surface area contributed by atoms with Crippen LogP contribution in [0.3, 0.4) is 0 Å². The molecule has 0 radical (unpaired) electrons. The summed E-state index contributed by atoms with van der Waals surface area (Å²) in [6.45, 7) is 0.960. The third-order valence-electron chi connectivity index (χ3n) is 2.52. The fourth-order valence-corrected chi connectivity index (χ4v) is 2.77. The average Bonchev–Trinajstić information content (AvgIpc) is 2.23. The van der Waals surface area contributed by atoms with Crippen LogP contribution in [0.25, 0.3) is 0 Å². The first kappa shape index (κ1) is 12.9. The fourth-order valence-electron chi connectivity index (χ4n) is 1.48. The summed E-state index contributed by atoms with van der Waals surface area (Å²) in [7, 11) is -3.98. The number of nitrogens with zero attached hydrogens (tertiary/aromatic N) is 1. The number of hydrogen-bond acceptors (Lipinski definition) is 5. The molecule has 2 N–H and O–H groups in total. The Morgan fingerprint density at radius 3 is 2.56 bits per heavy atom. The number of halogens is 1. The third kappa shape index (κ3) is 2.47. The lowest BCUT2D eigenvalue weighted by molar-refractivity contribution is -0.385. The van der Waals surface area contributed by atoms with Crippen molar-refractivity contribution < 1.29 is 17.7 Å². The third-order valence-corrected chi connectivity index (χ3v) is 4.07. The van der Waals surface area contributed by atoms with Gasteiger partial charge in [-0.2, -0.15) is 0 Å². The predicted octanol–water partition coefficient (Wildman–Crippen LogP) is -0.0160. The first-order chi connectivity index (χ1) is 8.40. The van der Waals surface area contributed by atoms with Gasteiger partial charge in [0.1, 0.15) is 10.7 Å². The number of hydrogen-bond donors (Lipinski definition) is 2. The molecule has 7 nitrogen and oxygen atoms in total. The first-order valence-electron chi connectivity index (χ1n) is 5.07. The van der Waals surface area contributed by atoms with Crippen LogP contribution >= 0.6 is 0 Å². The molecule has 0 aromatic heterocycles. The number of non-ortho nitro benzene ring substituents is 1. The summed E-state index contributed by atoms with van der Waals surface area (Å²) < 4.78 is 39.4. The Bertz CT molecular complexity index is 585. The number of benzene rings is 1. The zero-order valence-electron chi connectivity index (χ0n) is 9.09. The van der Waals surface area contributed by atoms with E-state index in [2.05, 4.69) is 10.0 Å². The van der Waals surface area contributed by atoms with Crippen LogP contribution in [0.4, 0.5) is 10.1 Å². The maximum Gasteiger partial charge on any atom is 0.272 e. The van der Waals surface area contributed by atoms with Crippen LogP contribution in [0, 0.1) is 15.9 Å². The molecule has 1 fully saturated rings. The van der Waals surface area contributed by atoms with E-state index in [1.807, 2.05) is 0 Å². The second-order valence-electron chi connectivity index (χ2n) is 3.85. The highest BCUT2D eigenvalue weighted by atomic mass is 32.2. The van der Waals surface area contributed by atoms with E-state index in [1.165, 1.54) is 0 Å². The summed E-state index contributed by atoms with van der Waals surface area (Å²) in [5.74, 6) is -1.14. The zero-order valence-corrected chi connectivity index (χ0v) is 9.91. The van der Waals surface area contributed by atoms with Crippen molar-refractivity contribution in [2.45, 2.75) is 10.9 Å². The van der Waals surface area contributed by atoms with Crippen molar-refractivity contribution >= 4 is 15.7 Å². The normalized spacial score (nSPS) is 16.3. The van der Waals surface area contributed by atoms with E-state index in [9.17, 15) is 22.9 Å². The molecule has 2 rings (SSSR count). The zero-order chi connectivity index (χ0) is 13.3. The molecular formula is C9H10FN3O4S. The summed E-state index contributed by atoms with van der Waals surface area (Å²) in [4.78, 5) is 9.04. The Morgan fingerprint density at radius 1 is 1.44 bits per heavy atom. The van der Waals surface area contributed by atoms with Gasteiger partial charge in [-0.3, -0.25) is 10.1 Å². The molecule has 1 aromatic carbocycles. The number of rotatable bonds is 4. The summed E-state index contributed by atoms with van der Waals surface area (Å²) in [6, 6.07) is 2.16. The Labute approximate surface area is 102 Å². The summed E-state index contributed by atoms with van der Waals surface area (Å²) in [5.41, 5.74) is -0.489. The highest BCUT2D eigenvalue weighted by Gasteiger charge is 2.27. The van der Waals surface area contributed by atoms with Gasteiger partial charge in [-0.05, 0) is 6.07 Å². The van der Waals surface area contributed by atoms with Crippen LogP contribution in [0.1, 0.15) is 0 Å². The maximum atomic E-state index is 13.5. The van der Waals surface area contributed by atoms with Gasteiger partial charge in [-0.1, -0.05) is 0 Å². The Kier molecular flexibility index (Phi) is 3.28. The lowest BCUT2D eigenvalue weighted by Gasteiger charge is -2.27.